The van der Waals surface area contributed by atoms with Crippen molar-refractivity contribution in [2.45, 2.75) is 6.73 Å². The van der Waals surface area contributed by atoms with E-state index in [2.05, 4.69) is 20.3 Å². The van der Waals surface area contributed by atoms with Crippen LogP contribution in [-0.2, 0) is 11.5 Å². The number of aromatic amines is 1. The van der Waals surface area contributed by atoms with Gasteiger partial charge in [-0.15, -0.1) is 5.10 Å². The molecule has 0 atom stereocenters. The maximum Gasteiger partial charge on any atom is 0.141 e. The van der Waals surface area contributed by atoms with E-state index in [9.17, 15) is 0 Å². The van der Waals surface area contributed by atoms with Gasteiger partial charge in [0.15, 0.2) is 0 Å². The Balaban J connectivity index is 1.53. The lowest BCUT2D eigenvalue weighted by molar-refractivity contribution is 0.0410. The van der Waals surface area contributed by atoms with Crippen LogP contribution in [0.3, 0.4) is 0 Å². The number of aliphatic hydroxyl groups is 1. The van der Waals surface area contributed by atoms with Crippen molar-refractivity contribution in [2.75, 3.05) is 13.2 Å². The number of benzene rings is 2. The number of ether oxygens (including phenoxy) is 1. The summed E-state index contributed by atoms with van der Waals surface area (Å²) in [5.41, 5.74) is 4.72. The number of nitrogens with one attached hydrogen (secondary N) is 1. The Bertz CT molecular complexity index is 941. The van der Waals surface area contributed by atoms with Crippen LogP contribution < -0.4 is 0 Å². The normalized spacial score (nSPS) is 11.2. The van der Waals surface area contributed by atoms with Crippen molar-refractivity contribution in [3.8, 4) is 22.6 Å². The van der Waals surface area contributed by atoms with Gasteiger partial charge in [0, 0.05) is 11.1 Å². The average molecular weight is 335 g/mol. The van der Waals surface area contributed by atoms with Crippen LogP contribution in [0.5, 0.6) is 0 Å². The van der Waals surface area contributed by atoms with E-state index >= 15 is 0 Å². The number of hydrogen-bond acceptors (Lipinski definition) is 5. The number of para-hydroxylation sites is 2. The Hall–Kier alpha value is -3.03. The van der Waals surface area contributed by atoms with E-state index in [1.165, 1.54) is 0 Å². The van der Waals surface area contributed by atoms with Gasteiger partial charge in [0.25, 0.3) is 0 Å². The van der Waals surface area contributed by atoms with Crippen LogP contribution in [-0.4, -0.2) is 43.3 Å². The molecule has 7 nitrogen and oxygen atoms in total. The van der Waals surface area contributed by atoms with Crippen LogP contribution in [0.2, 0.25) is 0 Å². The smallest absolute Gasteiger partial charge is 0.141 e. The molecular weight excluding hydrogens is 318 g/mol. The molecule has 0 aliphatic heterocycles. The lowest BCUT2D eigenvalue weighted by Crippen LogP contribution is -2.06. The number of aliphatic hydroxyl groups excluding tert-OH is 1. The van der Waals surface area contributed by atoms with E-state index in [4.69, 9.17) is 9.84 Å². The maximum atomic E-state index is 8.72. The van der Waals surface area contributed by atoms with Gasteiger partial charge in [-0.3, -0.25) is 0 Å². The minimum Gasteiger partial charge on any atom is -0.394 e. The Kier molecular flexibility index (Phi) is 4.24. The van der Waals surface area contributed by atoms with E-state index in [-0.39, 0.29) is 19.9 Å². The molecule has 0 spiro atoms. The number of H-pyrrole nitrogens is 1. The summed E-state index contributed by atoms with van der Waals surface area (Å²) in [5.74, 6) is 0.841. The lowest BCUT2D eigenvalue weighted by Gasteiger charge is -2.00. The van der Waals surface area contributed by atoms with Gasteiger partial charge < -0.3 is 14.8 Å². The molecule has 2 heterocycles. The fourth-order valence-electron chi connectivity index (χ4n) is 2.60. The van der Waals surface area contributed by atoms with Gasteiger partial charge in [0.2, 0.25) is 0 Å². The summed E-state index contributed by atoms with van der Waals surface area (Å²) in [5, 5.41) is 16.9. The molecule has 2 aromatic carbocycles. The maximum absolute atomic E-state index is 8.72. The number of imidazole rings is 1. The first-order valence-electron chi connectivity index (χ1n) is 7.98. The first kappa shape index (κ1) is 15.5. The first-order valence-corrected chi connectivity index (χ1v) is 7.98. The third-order valence-electron chi connectivity index (χ3n) is 3.84. The van der Waals surface area contributed by atoms with Crippen LogP contribution in [0.15, 0.2) is 54.7 Å². The zero-order chi connectivity index (χ0) is 17.1. The summed E-state index contributed by atoms with van der Waals surface area (Å²) >= 11 is 0. The van der Waals surface area contributed by atoms with Gasteiger partial charge in [0.05, 0.1) is 30.4 Å². The molecule has 4 aromatic rings. The molecule has 0 amide bonds. The van der Waals surface area contributed by atoms with Gasteiger partial charge in [-0.1, -0.05) is 41.6 Å². The molecule has 0 saturated heterocycles. The fourth-order valence-corrected chi connectivity index (χ4v) is 2.60. The molecule has 0 saturated carbocycles. The van der Waals surface area contributed by atoms with Crippen molar-refractivity contribution in [1.82, 2.24) is 25.0 Å². The van der Waals surface area contributed by atoms with Crippen LogP contribution in [0.25, 0.3) is 33.7 Å². The van der Waals surface area contributed by atoms with E-state index in [0.717, 1.165) is 33.7 Å². The van der Waals surface area contributed by atoms with Crippen LogP contribution in [0.4, 0.5) is 0 Å². The predicted octanol–water partition coefficient (Wildman–Crippen LogP) is 2.45. The summed E-state index contributed by atoms with van der Waals surface area (Å²) in [6.45, 7) is 0.539. The van der Waals surface area contributed by atoms with Crippen molar-refractivity contribution in [2.24, 2.45) is 0 Å². The minimum atomic E-state index is -0.00912. The third-order valence-corrected chi connectivity index (χ3v) is 3.84. The lowest BCUT2D eigenvalue weighted by atomic mass is 10.1. The summed E-state index contributed by atoms with van der Waals surface area (Å²) in [4.78, 5) is 7.93. The highest BCUT2D eigenvalue weighted by Gasteiger charge is 2.07. The summed E-state index contributed by atoms with van der Waals surface area (Å²) in [6, 6.07) is 16.0. The molecule has 4 rings (SSSR count). The van der Waals surface area contributed by atoms with Gasteiger partial charge >= 0.3 is 0 Å². The molecule has 126 valence electrons. The number of hydrogen-bond donors (Lipinski definition) is 2. The second-order valence-corrected chi connectivity index (χ2v) is 5.58. The van der Waals surface area contributed by atoms with Crippen LogP contribution in [0.1, 0.15) is 0 Å². The number of fused-ring (bicyclic) bond motifs is 1. The number of aromatic nitrogens is 5. The van der Waals surface area contributed by atoms with Gasteiger partial charge in [-0.25, -0.2) is 9.67 Å². The number of rotatable bonds is 6. The van der Waals surface area contributed by atoms with Crippen LogP contribution >= 0.6 is 0 Å². The Labute approximate surface area is 143 Å². The SMILES string of the molecule is OCCOCn1cc(-c2ccc(-c3nc4ccccc4[nH]3)cc2)nn1. The Morgan fingerprint density at radius 1 is 1.04 bits per heavy atom. The molecular formula is C18H17N5O2. The standard InChI is InChI=1S/C18H17N5O2/c24-9-10-25-12-23-11-17(21-22-23)13-5-7-14(8-6-13)18-19-15-3-1-2-4-16(15)20-18/h1-8,11,24H,9-10,12H2,(H,19,20). The summed E-state index contributed by atoms with van der Waals surface area (Å²) in [7, 11) is 0. The van der Waals surface area contributed by atoms with E-state index < -0.39 is 0 Å². The zero-order valence-electron chi connectivity index (χ0n) is 13.5. The van der Waals surface area contributed by atoms with Gasteiger partial charge in [-0.2, -0.15) is 0 Å². The van der Waals surface area contributed by atoms with E-state index in [0.29, 0.717) is 0 Å². The van der Waals surface area contributed by atoms with Crippen molar-refractivity contribution >= 4 is 11.0 Å². The third kappa shape index (κ3) is 3.28. The molecule has 7 heteroatoms. The highest BCUT2D eigenvalue weighted by atomic mass is 16.5. The molecule has 2 aromatic heterocycles. The van der Waals surface area contributed by atoms with Crippen molar-refractivity contribution in [3.05, 3.63) is 54.7 Å². The molecule has 0 aliphatic rings. The van der Waals surface area contributed by atoms with Gasteiger partial charge in [-0.05, 0) is 12.1 Å². The Morgan fingerprint density at radius 2 is 1.84 bits per heavy atom. The molecule has 0 unspecified atom stereocenters. The second kappa shape index (κ2) is 6.84. The van der Waals surface area contributed by atoms with E-state index in [1.807, 2.05) is 54.7 Å². The predicted molar refractivity (Wildman–Crippen MR) is 93.6 cm³/mol. The summed E-state index contributed by atoms with van der Waals surface area (Å²) in [6.07, 6.45) is 1.81. The van der Waals surface area contributed by atoms with E-state index in [1.54, 1.807) is 4.68 Å². The van der Waals surface area contributed by atoms with Crippen molar-refractivity contribution < 1.29 is 9.84 Å². The number of nitrogens with zero attached hydrogens (tertiary/aromatic N) is 4. The second-order valence-electron chi connectivity index (χ2n) is 5.58. The minimum absolute atomic E-state index is 0.00912. The fraction of sp³-hybridized carbons (Fsp3) is 0.167. The van der Waals surface area contributed by atoms with Gasteiger partial charge in [0.1, 0.15) is 18.2 Å². The molecule has 0 radical (unpaired) electrons. The van der Waals surface area contributed by atoms with Crippen molar-refractivity contribution in [1.29, 1.82) is 0 Å². The topological polar surface area (TPSA) is 88.9 Å². The highest BCUT2D eigenvalue weighted by Crippen LogP contribution is 2.23. The molecule has 0 bridgehead atoms. The summed E-state index contributed by atoms with van der Waals surface area (Å²) < 4.78 is 6.82. The average Bonchev–Trinajstić information content (AvgIpc) is 3.29. The monoisotopic (exact) mass is 335 g/mol. The molecule has 2 N–H and O–H groups in total. The Morgan fingerprint density at radius 3 is 2.64 bits per heavy atom. The highest BCUT2D eigenvalue weighted by molar-refractivity contribution is 5.79. The molecule has 0 fully saturated rings. The van der Waals surface area contributed by atoms with Crippen molar-refractivity contribution in [3.63, 3.8) is 0 Å². The zero-order valence-corrected chi connectivity index (χ0v) is 13.5. The quantitative estimate of drug-likeness (QED) is 0.528. The largest absolute Gasteiger partial charge is 0.394 e. The molecule has 25 heavy (non-hydrogen) atoms. The molecule has 0 aliphatic carbocycles. The van der Waals surface area contributed by atoms with Crippen LogP contribution in [0, 0.1) is 0 Å². The first-order chi connectivity index (χ1) is 12.3.